The average molecular weight is 488 g/mol. The molecule has 0 saturated carbocycles. The number of carbonyl (C=O) groups is 1. The monoisotopic (exact) mass is 487 g/mol. The number of carbonyl (C=O) groups excluding carboxylic acids is 1. The summed E-state index contributed by atoms with van der Waals surface area (Å²) in [5, 5.41) is 6.05. The zero-order chi connectivity index (χ0) is 25.0. The second-order valence-corrected chi connectivity index (χ2v) is 9.06. The van der Waals surface area contributed by atoms with Crippen LogP contribution in [0.4, 0.5) is 21.7 Å². The number of rotatable bonds is 8. The van der Waals surface area contributed by atoms with Gasteiger partial charge in [-0.15, -0.1) is 0 Å². The number of nitrogens with zero attached hydrogens (tertiary/aromatic N) is 2. The average Bonchev–Trinajstić information content (AvgIpc) is 2.75. The molecule has 8 nitrogen and oxygen atoms in total. The molecule has 0 aliphatic carbocycles. The van der Waals surface area contributed by atoms with Crippen molar-refractivity contribution in [2.75, 3.05) is 10.6 Å². The molecule has 0 fully saturated rings. The van der Waals surface area contributed by atoms with Gasteiger partial charge in [-0.25, -0.2) is 9.37 Å². The molecule has 0 aliphatic rings. The van der Waals surface area contributed by atoms with E-state index < -0.39 is 22.8 Å². The lowest BCUT2D eigenvalue weighted by Gasteiger charge is -2.19. The number of anilines is 3. The minimum Gasteiger partial charge on any atom is -0.488 e. The van der Waals surface area contributed by atoms with Gasteiger partial charge in [0.05, 0.1) is 24.4 Å². The summed E-state index contributed by atoms with van der Waals surface area (Å²) in [6, 6.07) is 11.3. The van der Waals surface area contributed by atoms with Gasteiger partial charge in [0.25, 0.3) is 5.56 Å². The van der Waals surface area contributed by atoms with Crippen molar-refractivity contribution in [1.29, 1.82) is 0 Å². The van der Waals surface area contributed by atoms with Crippen LogP contribution >= 0.6 is 11.6 Å². The zero-order valence-corrected chi connectivity index (χ0v) is 20.1. The van der Waals surface area contributed by atoms with Crippen molar-refractivity contribution >= 4 is 34.8 Å². The summed E-state index contributed by atoms with van der Waals surface area (Å²) in [6.45, 7) is 6.78. The Morgan fingerprint density at radius 3 is 2.50 bits per heavy atom. The van der Waals surface area contributed by atoms with Crippen LogP contribution < -0.4 is 26.7 Å². The Morgan fingerprint density at radius 1 is 1.24 bits per heavy atom. The molecule has 0 saturated heterocycles. The van der Waals surface area contributed by atoms with Crippen LogP contribution in [0, 0.1) is 5.82 Å². The molecular formula is C24H27ClFN5O3. The fourth-order valence-corrected chi connectivity index (χ4v) is 3.06. The maximum absolute atomic E-state index is 14.5. The summed E-state index contributed by atoms with van der Waals surface area (Å²) in [7, 11) is 0. The van der Waals surface area contributed by atoms with Crippen LogP contribution in [0.3, 0.4) is 0 Å². The van der Waals surface area contributed by atoms with Gasteiger partial charge in [-0.05, 0) is 57.5 Å². The van der Waals surface area contributed by atoms with E-state index in [-0.39, 0.29) is 30.0 Å². The van der Waals surface area contributed by atoms with E-state index in [4.69, 9.17) is 22.1 Å². The molecule has 0 atom stereocenters. The van der Waals surface area contributed by atoms with E-state index in [9.17, 15) is 14.0 Å². The number of halogens is 2. The number of hydrogen-bond acceptors (Lipinski definition) is 6. The van der Waals surface area contributed by atoms with Gasteiger partial charge in [0.2, 0.25) is 11.9 Å². The normalized spacial score (nSPS) is 11.4. The van der Waals surface area contributed by atoms with Gasteiger partial charge >= 0.3 is 0 Å². The number of nitrogens with two attached hydrogens (primary N) is 1. The highest BCUT2D eigenvalue weighted by atomic mass is 35.5. The van der Waals surface area contributed by atoms with Crippen molar-refractivity contribution in [2.45, 2.75) is 45.9 Å². The molecule has 0 radical (unpaired) electrons. The highest BCUT2D eigenvalue weighted by Gasteiger charge is 2.24. The Bertz CT molecular complexity index is 1240. The van der Waals surface area contributed by atoms with Gasteiger partial charge in [0.15, 0.2) is 11.6 Å². The lowest BCUT2D eigenvalue weighted by Crippen LogP contribution is -2.46. The summed E-state index contributed by atoms with van der Waals surface area (Å²) >= 11 is 5.97. The van der Waals surface area contributed by atoms with Crippen molar-refractivity contribution in [3.8, 4) is 5.75 Å². The van der Waals surface area contributed by atoms with Crippen molar-refractivity contribution in [1.82, 2.24) is 9.55 Å². The summed E-state index contributed by atoms with van der Waals surface area (Å²) in [6.07, 6.45) is 1.06. The van der Waals surface area contributed by atoms with E-state index in [1.165, 1.54) is 36.7 Å². The molecule has 0 bridgehead atoms. The van der Waals surface area contributed by atoms with E-state index in [0.29, 0.717) is 10.7 Å². The van der Waals surface area contributed by atoms with Gasteiger partial charge in [0, 0.05) is 16.8 Å². The van der Waals surface area contributed by atoms with Crippen LogP contribution in [0.25, 0.3) is 0 Å². The fourth-order valence-electron chi connectivity index (χ4n) is 2.94. The zero-order valence-electron chi connectivity index (χ0n) is 19.4. The Labute approximate surface area is 201 Å². The number of hydrogen-bond donors (Lipinski definition) is 3. The second kappa shape index (κ2) is 10.2. The molecule has 2 aromatic carbocycles. The summed E-state index contributed by atoms with van der Waals surface area (Å²) in [4.78, 5) is 29.9. The predicted octanol–water partition coefficient (Wildman–Crippen LogP) is 4.29. The smallest absolute Gasteiger partial charge is 0.279 e. The number of amides is 1. The molecule has 4 N–H and O–H groups in total. The van der Waals surface area contributed by atoms with Crippen LogP contribution in [0.1, 0.15) is 33.3 Å². The van der Waals surface area contributed by atoms with Crippen LogP contribution in [0.2, 0.25) is 5.02 Å². The fraction of sp³-hybridized carbons (Fsp3) is 0.292. The van der Waals surface area contributed by atoms with Crippen molar-refractivity contribution in [3.05, 3.63) is 75.4 Å². The van der Waals surface area contributed by atoms with Crippen LogP contribution in [0.15, 0.2) is 53.5 Å². The van der Waals surface area contributed by atoms with Crippen molar-refractivity contribution in [2.24, 2.45) is 5.73 Å². The molecule has 1 aromatic heterocycles. The van der Waals surface area contributed by atoms with Gasteiger partial charge in [-0.3, -0.25) is 14.2 Å². The summed E-state index contributed by atoms with van der Waals surface area (Å²) in [5.41, 5.74) is 5.23. The number of ether oxygens (including phenoxy) is 1. The van der Waals surface area contributed by atoms with E-state index in [1.807, 2.05) is 0 Å². The predicted molar refractivity (Wildman–Crippen MR) is 131 cm³/mol. The van der Waals surface area contributed by atoms with E-state index in [1.54, 1.807) is 44.2 Å². The van der Waals surface area contributed by atoms with E-state index >= 15 is 0 Å². The first-order valence-corrected chi connectivity index (χ1v) is 11.0. The van der Waals surface area contributed by atoms with E-state index in [0.717, 1.165) is 5.56 Å². The third kappa shape index (κ3) is 6.33. The molecule has 10 heteroatoms. The topological polar surface area (TPSA) is 111 Å². The molecule has 34 heavy (non-hydrogen) atoms. The number of nitrogens with one attached hydrogen (secondary N) is 2. The maximum atomic E-state index is 14.5. The number of benzene rings is 2. The van der Waals surface area contributed by atoms with Crippen molar-refractivity contribution < 1.29 is 13.9 Å². The molecule has 1 heterocycles. The van der Waals surface area contributed by atoms with E-state index in [2.05, 4.69) is 15.6 Å². The highest BCUT2D eigenvalue weighted by molar-refractivity contribution is 6.30. The third-order valence-corrected chi connectivity index (χ3v) is 4.94. The molecule has 3 rings (SSSR count). The Balaban J connectivity index is 1.99. The molecule has 180 valence electrons. The van der Waals surface area contributed by atoms with Gasteiger partial charge < -0.3 is 21.1 Å². The molecule has 0 spiro atoms. The second-order valence-electron chi connectivity index (χ2n) is 8.63. The Kier molecular flexibility index (Phi) is 7.58. The third-order valence-electron chi connectivity index (χ3n) is 4.69. The molecule has 0 unspecified atom stereocenters. The Hall–Kier alpha value is -3.43. The first-order valence-electron chi connectivity index (χ1n) is 10.6. The largest absolute Gasteiger partial charge is 0.488 e. The minimum absolute atomic E-state index is 0.0325. The first kappa shape index (κ1) is 25.2. The van der Waals surface area contributed by atoms with Crippen LogP contribution in [-0.2, 0) is 11.3 Å². The lowest BCUT2D eigenvalue weighted by molar-refractivity contribution is -0.120. The van der Waals surface area contributed by atoms with Crippen molar-refractivity contribution in [3.63, 3.8) is 0 Å². The highest BCUT2D eigenvalue weighted by Crippen LogP contribution is 2.24. The quantitative estimate of drug-likeness (QED) is 0.437. The van der Waals surface area contributed by atoms with Crippen LogP contribution in [0.5, 0.6) is 5.75 Å². The summed E-state index contributed by atoms with van der Waals surface area (Å²) in [5.74, 6) is -0.816. The molecule has 0 aliphatic heterocycles. The lowest BCUT2D eigenvalue weighted by atomic mass is 10.1. The Morgan fingerprint density at radius 2 is 1.91 bits per heavy atom. The summed E-state index contributed by atoms with van der Waals surface area (Å²) < 4.78 is 21.2. The standard InChI is InChI=1S/C24H27ClFN5O3/c1-14(2)34-20-10-9-17(11-18(20)26)29-23-28-12-19(30-22(33)24(3,4)27)21(32)31(23)13-15-5-7-16(25)8-6-15/h5-12,14H,13,27H2,1-4H3,(H,28,29)(H,30,33). The molecular weight excluding hydrogens is 461 g/mol. The minimum atomic E-state index is -1.19. The van der Waals surface area contributed by atoms with Gasteiger partial charge in [-0.2, -0.15) is 0 Å². The molecule has 1 amide bonds. The first-order chi connectivity index (χ1) is 15.9. The number of aromatic nitrogens is 2. The van der Waals surface area contributed by atoms with Crippen LogP contribution in [-0.4, -0.2) is 27.1 Å². The van der Waals surface area contributed by atoms with Gasteiger partial charge in [0.1, 0.15) is 5.69 Å². The maximum Gasteiger partial charge on any atom is 0.279 e. The van der Waals surface area contributed by atoms with Gasteiger partial charge in [-0.1, -0.05) is 23.7 Å². The molecule has 3 aromatic rings. The SMILES string of the molecule is CC(C)Oc1ccc(Nc2ncc(NC(=O)C(C)(C)N)c(=O)n2Cc2ccc(Cl)cc2)cc1F.